The summed E-state index contributed by atoms with van der Waals surface area (Å²) in [6, 6.07) is 10.6. The highest BCUT2D eigenvalue weighted by Gasteiger charge is 2.10. The van der Waals surface area contributed by atoms with Crippen LogP contribution in [0.1, 0.15) is 13.8 Å². The average molecular weight is 364 g/mol. The minimum Gasteiger partial charge on any atom is -0.495 e. The van der Waals surface area contributed by atoms with Crippen LogP contribution in [0.5, 0.6) is 11.5 Å². The Bertz CT molecular complexity index is 733. The number of amides is 2. The Morgan fingerprint density at radius 3 is 2.16 bits per heavy atom. The molecule has 25 heavy (non-hydrogen) atoms. The first-order valence-corrected chi connectivity index (χ1v) is 8.17. The van der Waals surface area contributed by atoms with Crippen molar-refractivity contribution in [2.45, 2.75) is 19.9 Å². The van der Waals surface area contributed by atoms with Crippen molar-refractivity contribution >= 4 is 34.7 Å². The van der Waals surface area contributed by atoms with Crippen LogP contribution < -0.4 is 25.4 Å². The van der Waals surface area contributed by atoms with Crippen molar-refractivity contribution in [2.24, 2.45) is 0 Å². The molecule has 0 aliphatic rings. The molecule has 2 aromatic carbocycles. The van der Waals surface area contributed by atoms with Gasteiger partial charge in [0.1, 0.15) is 11.5 Å². The van der Waals surface area contributed by atoms with E-state index >= 15 is 0 Å². The quantitative estimate of drug-likeness (QED) is 0.699. The van der Waals surface area contributed by atoms with E-state index in [1.165, 1.54) is 0 Å². The lowest BCUT2D eigenvalue weighted by Crippen LogP contribution is -2.34. The van der Waals surface area contributed by atoms with E-state index in [4.69, 9.17) is 21.1 Å². The molecular formula is C18H22ClN3O3. The average Bonchev–Trinajstić information content (AvgIpc) is 2.57. The van der Waals surface area contributed by atoms with Gasteiger partial charge >= 0.3 is 6.03 Å². The fraction of sp³-hybridized carbons (Fsp3) is 0.278. The monoisotopic (exact) mass is 363 g/mol. The highest BCUT2D eigenvalue weighted by molar-refractivity contribution is 6.32. The molecule has 6 nitrogen and oxygen atoms in total. The minimum absolute atomic E-state index is 0.0771. The third-order valence-electron chi connectivity index (χ3n) is 3.32. The van der Waals surface area contributed by atoms with E-state index in [1.807, 2.05) is 38.1 Å². The zero-order chi connectivity index (χ0) is 18.4. The number of rotatable bonds is 6. The summed E-state index contributed by atoms with van der Waals surface area (Å²) in [4.78, 5) is 11.7. The lowest BCUT2D eigenvalue weighted by Gasteiger charge is -2.14. The van der Waals surface area contributed by atoms with Gasteiger partial charge in [0, 0.05) is 29.5 Å². The van der Waals surface area contributed by atoms with Crippen LogP contribution in [0.3, 0.4) is 0 Å². The van der Waals surface area contributed by atoms with Crippen molar-refractivity contribution in [3.05, 3.63) is 41.4 Å². The molecule has 0 fully saturated rings. The number of benzene rings is 2. The van der Waals surface area contributed by atoms with E-state index < -0.39 is 0 Å². The molecule has 0 aromatic heterocycles. The molecule has 0 radical (unpaired) electrons. The number of nitrogens with one attached hydrogen (secondary N) is 3. The van der Waals surface area contributed by atoms with Gasteiger partial charge in [-0.3, -0.25) is 0 Å². The second-order valence-electron chi connectivity index (χ2n) is 5.64. The van der Waals surface area contributed by atoms with Crippen molar-refractivity contribution in [1.29, 1.82) is 0 Å². The molecule has 0 aliphatic heterocycles. The van der Waals surface area contributed by atoms with E-state index in [0.29, 0.717) is 22.2 Å². The molecule has 3 N–H and O–H groups in total. The second kappa shape index (κ2) is 8.48. The Labute approximate surface area is 152 Å². The molecule has 0 atom stereocenters. The van der Waals surface area contributed by atoms with Crippen LogP contribution in [-0.2, 0) is 0 Å². The summed E-state index contributed by atoms with van der Waals surface area (Å²) in [6.07, 6.45) is 0. The van der Waals surface area contributed by atoms with Gasteiger partial charge in [0.2, 0.25) is 0 Å². The molecule has 0 bridgehead atoms. The van der Waals surface area contributed by atoms with Crippen molar-refractivity contribution in [3.63, 3.8) is 0 Å². The molecule has 7 heteroatoms. The third kappa shape index (κ3) is 5.19. The third-order valence-corrected chi connectivity index (χ3v) is 3.61. The van der Waals surface area contributed by atoms with Crippen LogP contribution in [0.4, 0.5) is 21.9 Å². The Balaban J connectivity index is 2.12. The van der Waals surface area contributed by atoms with Crippen molar-refractivity contribution in [1.82, 2.24) is 5.32 Å². The van der Waals surface area contributed by atoms with E-state index in [0.717, 1.165) is 11.4 Å². The summed E-state index contributed by atoms with van der Waals surface area (Å²) in [7, 11) is 3.13. The summed E-state index contributed by atoms with van der Waals surface area (Å²) in [5, 5.41) is 9.26. The number of hydrogen-bond acceptors (Lipinski definition) is 4. The zero-order valence-electron chi connectivity index (χ0n) is 14.6. The molecule has 0 aliphatic carbocycles. The van der Waals surface area contributed by atoms with Crippen LogP contribution in [0.2, 0.25) is 5.02 Å². The van der Waals surface area contributed by atoms with Crippen LogP contribution in [0, 0.1) is 0 Å². The first-order chi connectivity index (χ1) is 11.9. The highest BCUT2D eigenvalue weighted by Crippen LogP contribution is 2.37. The fourth-order valence-corrected chi connectivity index (χ4v) is 2.41. The van der Waals surface area contributed by atoms with Gasteiger partial charge in [-0.2, -0.15) is 0 Å². The zero-order valence-corrected chi connectivity index (χ0v) is 15.4. The Morgan fingerprint density at radius 2 is 1.60 bits per heavy atom. The van der Waals surface area contributed by atoms with Gasteiger partial charge in [-0.15, -0.1) is 0 Å². The molecule has 2 rings (SSSR count). The molecular weight excluding hydrogens is 342 g/mol. The maximum Gasteiger partial charge on any atom is 0.319 e. The van der Waals surface area contributed by atoms with E-state index in [9.17, 15) is 4.79 Å². The number of halogens is 1. The van der Waals surface area contributed by atoms with Crippen molar-refractivity contribution in [3.8, 4) is 11.5 Å². The van der Waals surface area contributed by atoms with Gasteiger partial charge in [-0.05, 0) is 38.1 Å². The van der Waals surface area contributed by atoms with Gasteiger partial charge in [-0.25, -0.2) is 4.79 Å². The maximum absolute atomic E-state index is 11.7. The molecule has 0 saturated heterocycles. The number of hydrogen-bond donors (Lipinski definition) is 3. The van der Waals surface area contributed by atoms with Gasteiger partial charge in [-0.1, -0.05) is 11.6 Å². The number of urea groups is 1. The predicted octanol–water partition coefficient (Wildman–Crippen LogP) is 4.63. The molecule has 0 spiro atoms. The van der Waals surface area contributed by atoms with Crippen LogP contribution in [0.15, 0.2) is 36.4 Å². The standard InChI is InChI=1S/C18H22ClN3O3/c1-11(2)20-18(23)22-13-7-5-12(6-8-13)21-15-10-16(24-3)14(19)9-17(15)25-4/h5-11,21H,1-4H3,(H2,20,22,23). The highest BCUT2D eigenvalue weighted by atomic mass is 35.5. The van der Waals surface area contributed by atoms with Gasteiger partial charge < -0.3 is 25.4 Å². The molecule has 0 saturated carbocycles. The lowest BCUT2D eigenvalue weighted by atomic mass is 10.2. The van der Waals surface area contributed by atoms with E-state index in [2.05, 4.69) is 16.0 Å². The van der Waals surface area contributed by atoms with Crippen LogP contribution in [-0.4, -0.2) is 26.3 Å². The Morgan fingerprint density at radius 1 is 1.00 bits per heavy atom. The Hall–Kier alpha value is -2.60. The van der Waals surface area contributed by atoms with Gasteiger partial charge in [0.05, 0.1) is 24.9 Å². The van der Waals surface area contributed by atoms with E-state index in [1.54, 1.807) is 26.4 Å². The van der Waals surface area contributed by atoms with E-state index in [-0.39, 0.29) is 12.1 Å². The SMILES string of the molecule is COc1cc(Nc2ccc(NC(=O)NC(C)C)cc2)c(OC)cc1Cl. The molecule has 2 aromatic rings. The topological polar surface area (TPSA) is 71.6 Å². The normalized spacial score (nSPS) is 10.3. The molecule has 0 heterocycles. The van der Waals surface area contributed by atoms with Crippen LogP contribution in [0.25, 0.3) is 0 Å². The molecule has 134 valence electrons. The lowest BCUT2D eigenvalue weighted by molar-refractivity contribution is 0.250. The van der Waals surface area contributed by atoms with Gasteiger partial charge in [0.25, 0.3) is 0 Å². The first kappa shape index (κ1) is 18.7. The summed E-state index contributed by atoms with van der Waals surface area (Å²) in [5.41, 5.74) is 2.25. The summed E-state index contributed by atoms with van der Waals surface area (Å²) in [5.74, 6) is 1.15. The Kier molecular flexibility index (Phi) is 6.36. The van der Waals surface area contributed by atoms with Gasteiger partial charge in [0.15, 0.2) is 0 Å². The van der Waals surface area contributed by atoms with Crippen LogP contribution >= 0.6 is 11.6 Å². The second-order valence-corrected chi connectivity index (χ2v) is 6.05. The summed E-state index contributed by atoms with van der Waals surface area (Å²) >= 11 is 6.11. The molecule has 2 amide bonds. The predicted molar refractivity (Wildman–Crippen MR) is 102 cm³/mol. The van der Waals surface area contributed by atoms with Crippen molar-refractivity contribution in [2.75, 3.05) is 24.9 Å². The number of carbonyl (C=O) groups is 1. The number of methoxy groups -OCH3 is 2. The first-order valence-electron chi connectivity index (χ1n) is 7.79. The largest absolute Gasteiger partial charge is 0.495 e. The fourth-order valence-electron chi connectivity index (χ4n) is 2.18. The summed E-state index contributed by atoms with van der Waals surface area (Å²) < 4.78 is 10.6. The number of ether oxygens (including phenoxy) is 2. The molecule has 0 unspecified atom stereocenters. The smallest absolute Gasteiger partial charge is 0.319 e. The number of anilines is 3. The summed E-state index contributed by atoms with van der Waals surface area (Å²) in [6.45, 7) is 3.81. The minimum atomic E-state index is -0.236. The maximum atomic E-state index is 11.7. The van der Waals surface area contributed by atoms with Crippen molar-refractivity contribution < 1.29 is 14.3 Å². The number of carbonyl (C=O) groups excluding carboxylic acids is 1.